The quantitative estimate of drug-likeness (QED) is 0.672. The van der Waals surface area contributed by atoms with Gasteiger partial charge in [0.15, 0.2) is 0 Å². The van der Waals surface area contributed by atoms with E-state index in [0.29, 0.717) is 4.31 Å². The highest BCUT2D eigenvalue weighted by atomic mass is 32.2. The summed E-state index contributed by atoms with van der Waals surface area (Å²) in [7, 11) is -4.52. The summed E-state index contributed by atoms with van der Waals surface area (Å²) in [6, 6.07) is 19.5. The first-order valence-corrected chi connectivity index (χ1v) is 10.3. The number of benzene rings is 3. The number of carbonyl (C=O) groups is 2. The van der Waals surface area contributed by atoms with Gasteiger partial charge in [-0.3, -0.25) is 9.59 Å². The summed E-state index contributed by atoms with van der Waals surface area (Å²) < 4.78 is 27.0. The molecule has 1 heterocycles. The minimum atomic E-state index is -4.52. The van der Waals surface area contributed by atoms with Gasteiger partial charge in [0.2, 0.25) is 11.5 Å². The fraction of sp³-hybridized carbons (Fsp3) is 0.0909. The van der Waals surface area contributed by atoms with E-state index >= 15 is 0 Å². The molecule has 1 aliphatic heterocycles. The largest absolute Gasteiger partial charge is 0.360 e. The highest BCUT2D eigenvalue weighted by Gasteiger charge is 2.59. The van der Waals surface area contributed by atoms with E-state index < -0.39 is 27.4 Å². The van der Waals surface area contributed by atoms with Crippen molar-refractivity contribution in [1.29, 1.82) is 0 Å². The van der Waals surface area contributed by atoms with Gasteiger partial charge in [0, 0.05) is 16.7 Å². The average molecular weight is 407 g/mol. The molecule has 6 nitrogen and oxygen atoms in total. The Morgan fingerprint density at radius 2 is 1.48 bits per heavy atom. The summed E-state index contributed by atoms with van der Waals surface area (Å²) in [4.78, 5) is 26.2. The van der Waals surface area contributed by atoms with Crippen LogP contribution in [0.2, 0.25) is 0 Å². The molecule has 3 aromatic carbocycles. The number of hydrogen-bond donors (Lipinski definition) is 1. The van der Waals surface area contributed by atoms with Crippen molar-refractivity contribution in [2.45, 2.75) is 17.5 Å². The smallest absolute Gasteiger partial charge is 0.271 e. The van der Waals surface area contributed by atoms with E-state index in [4.69, 9.17) is 0 Å². The summed E-state index contributed by atoms with van der Waals surface area (Å²) >= 11 is 0. The van der Waals surface area contributed by atoms with Crippen molar-refractivity contribution in [1.82, 2.24) is 4.31 Å². The molecule has 0 aromatic heterocycles. The topological polar surface area (TPSA) is 91.8 Å². The van der Waals surface area contributed by atoms with Crippen molar-refractivity contribution in [3.8, 4) is 0 Å². The van der Waals surface area contributed by atoms with Crippen LogP contribution in [0.25, 0.3) is 0 Å². The second kappa shape index (κ2) is 6.65. The molecule has 0 aliphatic carbocycles. The first kappa shape index (κ1) is 19.0. The summed E-state index contributed by atoms with van der Waals surface area (Å²) in [6.45, 7) is 1.79. The normalized spacial score (nSPS) is 18.6. The number of amides is 1. The third kappa shape index (κ3) is 2.78. The molecule has 0 spiro atoms. The lowest BCUT2D eigenvalue weighted by Crippen LogP contribution is -2.52. The number of ketones is 1. The van der Waals surface area contributed by atoms with Crippen molar-refractivity contribution in [3.63, 3.8) is 0 Å². The Hall–Kier alpha value is -3.29. The van der Waals surface area contributed by atoms with Crippen molar-refractivity contribution in [3.05, 3.63) is 101 Å². The number of sulfonamides is 1. The zero-order valence-electron chi connectivity index (χ0n) is 15.4. The Balaban J connectivity index is 1.96. The molecule has 29 heavy (non-hydrogen) atoms. The predicted molar refractivity (Wildman–Crippen MR) is 106 cm³/mol. The number of fused-ring (bicyclic) bond motifs is 1. The monoisotopic (exact) mass is 407 g/mol. The van der Waals surface area contributed by atoms with Crippen molar-refractivity contribution >= 4 is 21.7 Å². The molecule has 1 unspecified atom stereocenters. The molecular weight excluding hydrogens is 390 g/mol. The second-order valence-corrected chi connectivity index (χ2v) is 8.59. The van der Waals surface area contributed by atoms with Gasteiger partial charge in [-0.2, -0.15) is 4.31 Å². The molecule has 1 atom stereocenters. The van der Waals surface area contributed by atoms with Gasteiger partial charge < -0.3 is 5.11 Å². The minimum absolute atomic E-state index is 0.0324. The lowest BCUT2D eigenvalue weighted by Gasteiger charge is -2.32. The SMILES string of the molecule is Cc1ccc(S(=O)(=O)N2C(=O)c3ccccc3C2(O)C(=O)c2ccccc2)cc1. The van der Waals surface area contributed by atoms with Crippen LogP contribution >= 0.6 is 0 Å². The van der Waals surface area contributed by atoms with Crippen LogP contribution in [0.1, 0.15) is 31.8 Å². The third-order valence-electron chi connectivity index (χ3n) is 4.92. The molecule has 4 rings (SSSR count). The fourth-order valence-corrected chi connectivity index (χ4v) is 4.98. The van der Waals surface area contributed by atoms with E-state index in [1.165, 1.54) is 42.5 Å². The number of hydrogen-bond acceptors (Lipinski definition) is 5. The molecule has 1 N–H and O–H groups in total. The van der Waals surface area contributed by atoms with Crippen LogP contribution in [0.3, 0.4) is 0 Å². The summed E-state index contributed by atoms with van der Waals surface area (Å²) in [5.74, 6) is -1.85. The molecule has 0 saturated carbocycles. The molecule has 3 aromatic rings. The van der Waals surface area contributed by atoms with Crippen LogP contribution in [-0.4, -0.2) is 29.5 Å². The molecule has 1 aliphatic rings. The minimum Gasteiger partial charge on any atom is -0.360 e. The first-order chi connectivity index (χ1) is 13.8. The van der Waals surface area contributed by atoms with Gasteiger partial charge in [0.05, 0.1) is 4.90 Å². The van der Waals surface area contributed by atoms with Gasteiger partial charge >= 0.3 is 0 Å². The Bertz CT molecular complexity index is 1220. The highest BCUT2D eigenvalue weighted by Crippen LogP contribution is 2.43. The van der Waals surface area contributed by atoms with Gasteiger partial charge in [0.25, 0.3) is 15.9 Å². The van der Waals surface area contributed by atoms with Crippen molar-refractivity contribution in [2.75, 3.05) is 0 Å². The van der Waals surface area contributed by atoms with Crippen molar-refractivity contribution < 1.29 is 23.1 Å². The lowest BCUT2D eigenvalue weighted by atomic mass is 9.94. The molecule has 0 radical (unpaired) electrons. The molecule has 0 fully saturated rings. The van der Waals surface area contributed by atoms with E-state index in [9.17, 15) is 23.1 Å². The van der Waals surface area contributed by atoms with Gasteiger partial charge in [-0.1, -0.05) is 66.2 Å². The van der Waals surface area contributed by atoms with Crippen LogP contribution in [-0.2, 0) is 15.7 Å². The molecule has 7 heteroatoms. The van der Waals surface area contributed by atoms with Crippen LogP contribution in [0.5, 0.6) is 0 Å². The van der Waals surface area contributed by atoms with E-state index in [-0.39, 0.29) is 21.6 Å². The van der Waals surface area contributed by atoms with E-state index in [1.807, 2.05) is 0 Å². The molecular formula is C22H17NO5S. The second-order valence-electron chi connectivity index (χ2n) is 6.80. The maximum atomic E-state index is 13.4. The van der Waals surface area contributed by atoms with E-state index in [0.717, 1.165) is 5.56 Å². The number of carbonyl (C=O) groups excluding carboxylic acids is 2. The average Bonchev–Trinajstić information content (AvgIpc) is 2.97. The Labute approximate surface area is 168 Å². The van der Waals surface area contributed by atoms with Gasteiger partial charge in [-0.05, 0) is 25.1 Å². The van der Waals surface area contributed by atoms with E-state index in [2.05, 4.69) is 0 Å². The molecule has 1 amide bonds. The third-order valence-corrected chi connectivity index (χ3v) is 6.70. The van der Waals surface area contributed by atoms with Crippen molar-refractivity contribution in [2.24, 2.45) is 0 Å². The first-order valence-electron chi connectivity index (χ1n) is 8.86. The van der Waals surface area contributed by atoms with Gasteiger partial charge in [-0.25, -0.2) is 8.42 Å². The number of Topliss-reactive ketones (excluding diaryl/α,β-unsaturated/α-hetero) is 1. The maximum Gasteiger partial charge on any atom is 0.271 e. The fourth-order valence-electron chi connectivity index (χ4n) is 3.44. The Kier molecular flexibility index (Phi) is 4.37. The lowest BCUT2D eigenvalue weighted by molar-refractivity contribution is -0.0221. The summed E-state index contributed by atoms with van der Waals surface area (Å²) in [5.41, 5.74) is -1.86. The Morgan fingerprint density at radius 3 is 2.14 bits per heavy atom. The van der Waals surface area contributed by atoms with Gasteiger partial charge in [-0.15, -0.1) is 0 Å². The zero-order chi connectivity index (χ0) is 20.8. The van der Waals surface area contributed by atoms with Crippen LogP contribution in [0, 0.1) is 6.92 Å². The Morgan fingerprint density at radius 1 is 0.897 bits per heavy atom. The predicted octanol–water partition coefficient (Wildman–Crippen LogP) is 2.87. The number of nitrogens with zero attached hydrogens (tertiary/aromatic N) is 1. The summed E-state index contributed by atoms with van der Waals surface area (Å²) in [5, 5.41) is 11.5. The van der Waals surface area contributed by atoms with Crippen LogP contribution in [0.4, 0.5) is 0 Å². The van der Waals surface area contributed by atoms with E-state index in [1.54, 1.807) is 43.3 Å². The maximum absolute atomic E-state index is 13.4. The van der Waals surface area contributed by atoms with Gasteiger partial charge in [0.1, 0.15) is 0 Å². The highest BCUT2D eigenvalue weighted by molar-refractivity contribution is 7.89. The standard InChI is InChI=1S/C22H17NO5S/c1-15-11-13-17(14-12-15)29(27,28)23-21(25)18-9-5-6-10-19(18)22(23,26)20(24)16-7-3-2-4-8-16/h2-14,26H,1H3. The molecule has 0 saturated heterocycles. The number of aryl methyl sites for hydroxylation is 1. The molecule has 146 valence electrons. The zero-order valence-corrected chi connectivity index (χ0v) is 16.3. The van der Waals surface area contributed by atoms with Crippen LogP contribution in [0.15, 0.2) is 83.8 Å². The van der Waals surface area contributed by atoms with Crippen LogP contribution < -0.4 is 0 Å². The number of rotatable bonds is 4. The molecule has 0 bridgehead atoms. The number of aliphatic hydroxyl groups is 1. The summed E-state index contributed by atoms with van der Waals surface area (Å²) in [6.07, 6.45) is 0.